The third kappa shape index (κ3) is 2.58. The van der Waals surface area contributed by atoms with E-state index >= 15 is 0 Å². The van der Waals surface area contributed by atoms with Crippen molar-refractivity contribution in [2.24, 2.45) is 0 Å². The monoisotopic (exact) mass is 253 g/mol. The summed E-state index contributed by atoms with van der Waals surface area (Å²) in [5.41, 5.74) is -0.335. The fourth-order valence-electron chi connectivity index (χ4n) is 1.63. The van der Waals surface area contributed by atoms with Crippen molar-refractivity contribution in [3.63, 3.8) is 0 Å². The highest BCUT2D eigenvalue weighted by Gasteiger charge is 2.37. The van der Waals surface area contributed by atoms with Gasteiger partial charge in [-0.15, -0.1) is 0 Å². The molecule has 0 atom stereocenters. The van der Waals surface area contributed by atoms with Crippen LogP contribution in [0.15, 0.2) is 4.42 Å². The number of hydrogen-bond acceptors (Lipinski definition) is 3. The van der Waals surface area contributed by atoms with Crippen LogP contribution in [0.2, 0.25) is 0 Å². The van der Waals surface area contributed by atoms with Crippen molar-refractivity contribution >= 4 is 5.91 Å². The molecular formula is C14H23NO3. The number of carbonyl (C=O) groups excluding carboxylic acids is 1. The lowest BCUT2D eigenvalue weighted by molar-refractivity contribution is -0.00297. The minimum absolute atomic E-state index is 0.214. The van der Waals surface area contributed by atoms with E-state index in [1.807, 2.05) is 13.8 Å². The second kappa shape index (κ2) is 4.43. The zero-order chi connectivity index (χ0) is 14.3. The molecule has 0 aliphatic carbocycles. The summed E-state index contributed by atoms with van der Waals surface area (Å²) in [7, 11) is 0. The van der Waals surface area contributed by atoms with Gasteiger partial charge in [-0.25, -0.2) is 0 Å². The van der Waals surface area contributed by atoms with E-state index in [1.54, 1.807) is 34.6 Å². The van der Waals surface area contributed by atoms with Gasteiger partial charge in [0.05, 0.1) is 16.7 Å². The van der Waals surface area contributed by atoms with Gasteiger partial charge in [-0.3, -0.25) is 4.79 Å². The van der Waals surface area contributed by atoms with E-state index in [1.165, 1.54) is 0 Å². The summed E-state index contributed by atoms with van der Waals surface area (Å²) in [4.78, 5) is 12.3. The Hall–Kier alpha value is -1.29. The summed E-state index contributed by atoms with van der Waals surface area (Å²) in [5.74, 6) is 1.14. The van der Waals surface area contributed by atoms with Gasteiger partial charge in [0.1, 0.15) is 11.5 Å². The highest BCUT2D eigenvalue weighted by Crippen LogP contribution is 2.24. The molecule has 4 nitrogen and oxygen atoms in total. The van der Waals surface area contributed by atoms with E-state index in [0.717, 1.165) is 11.3 Å². The van der Waals surface area contributed by atoms with Gasteiger partial charge in [0.15, 0.2) is 0 Å². The highest BCUT2D eigenvalue weighted by atomic mass is 16.3. The molecule has 4 heteroatoms. The lowest BCUT2D eigenvalue weighted by Crippen LogP contribution is -2.57. The second-order valence-electron chi connectivity index (χ2n) is 5.85. The lowest BCUT2D eigenvalue weighted by Gasteiger charge is -2.38. The van der Waals surface area contributed by atoms with Crippen LogP contribution in [0.1, 0.15) is 55.1 Å². The molecule has 102 valence electrons. The molecule has 18 heavy (non-hydrogen) atoms. The quantitative estimate of drug-likeness (QED) is 0.870. The molecule has 0 saturated heterocycles. The fraction of sp³-hybridized carbons (Fsp3) is 0.643. The van der Waals surface area contributed by atoms with Gasteiger partial charge in [0.2, 0.25) is 0 Å². The Balaban J connectivity index is 3.04. The standard InChI is InChI=1S/C14H23NO3/c1-8-9(2)18-10(3)11(8)12(16)15-13(4,5)14(6,7)17/h17H,1-7H3,(H,15,16). The molecule has 0 aliphatic heterocycles. The van der Waals surface area contributed by atoms with E-state index in [2.05, 4.69) is 5.32 Å². The van der Waals surface area contributed by atoms with Crippen LogP contribution in [0.25, 0.3) is 0 Å². The normalized spacial score (nSPS) is 12.7. The molecule has 0 spiro atoms. The number of carbonyl (C=O) groups is 1. The molecule has 0 aliphatic rings. The average molecular weight is 253 g/mol. The molecule has 2 N–H and O–H groups in total. The van der Waals surface area contributed by atoms with Crippen LogP contribution in [-0.4, -0.2) is 22.2 Å². The number of hydrogen-bond donors (Lipinski definition) is 2. The zero-order valence-electron chi connectivity index (χ0n) is 12.3. The number of furan rings is 1. The first-order valence-corrected chi connectivity index (χ1v) is 6.09. The smallest absolute Gasteiger partial charge is 0.255 e. The van der Waals surface area contributed by atoms with Crippen molar-refractivity contribution in [3.05, 3.63) is 22.6 Å². The summed E-state index contributed by atoms with van der Waals surface area (Å²) in [6.45, 7) is 12.4. The van der Waals surface area contributed by atoms with Gasteiger partial charge < -0.3 is 14.8 Å². The number of nitrogens with one attached hydrogen (secondary N) is 1. The van der Waals surface area contributed by atoms with Gasteiger partial charge in [0, 0.05) is 5.56 Å². The summed E-state index contributed by atoms with van der Waals surface area (Å²) < 4.78 is 5.44. The summed E-state index contributed by atoms with van der Waals surface area (Å²) >= 11 is 0. The van der Waals surface area contributed by atoms with E-state index in [-0.39, 0.29) is 5.91 Å². The van der Waals surface area contributed by atoms with Crippen molar-refractivity contribution in [2.45, 2.75) is 59.6 Å². The van der Waals surface area contributed by atoms with Crippen LogP contribution < -0.4 is 5.32 Å². The topological polar surface area (TPSA) is 62.5 Å². The number of aryl methyl sites for hydroxylation is 2. The molecule has 1 heterocycles. The molecule has 1 rings (SSSR count). The minimum atomic E-state index is -1.01. The first-order valence-electron chi connectivity index (χ1n) is 6.09. The van der Waals surface area contributed by atoms with E-state index in [9.17, 15) is 9.90 Å². The van der Waals surface area contributed by atoms with Gasteiger partial charge in [-0.05, 0) is 48.5 Å². The number of amides is 1. The van der Waals surface area contributed by atoms with E-state index in [0.29, 0.717) is 11.3 Å². The van der Waals surface area contributed by atoms with E-state index in [4.69, 9.17) is 4.42 Å². The Morgan fingerprint density at radius 3 is 1.94 bits per heavy atom. The van der Waals surface area contributed by atoms with Crippen molar-refractivity contribution in [1.29, 1.82) is 0 Å². The third-order valence-corrected chi connectivity index (χ3v) is 3.74. The van der Waals surface area contributed by atoms with Crippen LogP contribution in [0.5, 0.6) is 0 Å². The van der Waals surface area contributed by atoms with Crippen LogP contribution >= 0.6 is 0 Å². The number of aliphatic hydroxyl groups is 1. The van der Waals surface area contributed by atoms with Gasteiger partial charge >= 0.3 is 0 Å². The first-order chi connectivity index (χ1) is 7.97. The maximum atomic E-state index is 12.3. The predicted molar refractivity (Wildman–Crippen MR) is 70.8 cm³/mol. The second-order valence-corrected chi connectivity index (χ2v) is 5.85. The molecule has 1 amide bonds. The molecule has 0 radical (unpaired) electrons. The summed E-state index contributed by atoms with van der Waals surface area (Å²) in [5, 5.41) is 12.9. The maximum Gasteiger partial charge on any atom is 0.255 e. The Labute approximate surface area is 108 Å². The lowest BCUT2D eigenvalue weighted by atomic mass is 9.85. The summed E-state index contributed by atoms with van der Waals surface area (Å²) in [6, 6.07) is 0. The Morgan fingerprint density at radius 1 is 1.11 bits per heavy atom. The minimum Gasteiger partial charge on any atom is -0.466 e. The van der Waals surface area contributed by atoms with E-state index < -0.39 is 11.1 Å². The predicted octanol–water partition coefficient (Wildman–Crippen LogP) is 2.48. The molecule has 1 aromatic heterocycles. The van der Waals surface area contributed by atoms with Gasteiger partial charge in [-0.1, -0.05) is 0 Å². The van der Waals surface area contributed by atoms with Gasteiger partial charge in [0.25, 0.3) is 5.91 Å². The van der Waals surface area contributed by atoms with Crippen molar-refractivity contribution in [3.8, 4) is 0 Å². The van der Waals surface area contributed by atoms with Gasteiger partial charge in [-0.2, -0.15) is 0 Å². The van der Waals surface area contributed by atoms with Crippen LogP contribution in [0, 0.1) is 20.8 Å². The Bertz CT molecular complexity index is 464. The van der Waals surface area contributed by atoms with Crippen molar-refractivity contribution < 1.29 is 14.3 Å². The average Bonchev–Trinajstić information content (AvgIpc) is 2.38. The molecule has 0 saturated carbocycles. The first kappa shape index (κ1) is 14.8. The molecular weight excluding hydrogens is 230 g/mol. The molecule has 0 aromatic carbocycles. The molecule has 0 fully saturated rings. The third-order valence-electron chi connectivity index (χ3n) is 3.74. The SMILES string of the molecule is Cc1oc(C)c(C(=O)NC(C)(C)C(C)(C)O)c1C. The summed E-state index contributed by atoms with van der Waals surface area (Å²) in [6.07, 6.45) is 0. The molecule has 0 unspecified atom stereocenters. The zero-order valence-corrected chi connectivity index (χ0v) is 12.3. The molecule has 0 bridgehead atoms. The van der Waals surface area contributed by atoms with Crippen molar-refractivity contribution in [1.82, 2.24) is 5.32 Å². The van der Waals surface area contributed by atoms with Crippen LogP contribution in [0.4, 0.5) is 0 Å². The Kier molecular flexibility index (Phi) is 3.63. The van der Waals surface area contributed by atoms with Crippen LogP contribution in [0.3, 0.4) is 0 Å². The fourth-order valence-corrected chi connectivity index (χ4v) is 1.63. The highest BCUT2D eigenvalue weighted by molar-refractivity contribution is 5.97. The van der Waals surface area contributed by atoms with Crippen molar-refractivity contribution in [2.75, 3.05) is 0 Å². The number of rotatable bonds is 3. The maximum absolute atomic E-state index is 12.3. The Morgan fingerprint density at radius 2 is 1.61 bits per heavy atom. The largest absolute Gasteiger partial charge is 0.466 e. The molecule has 1 aromatic rings. The van der Waals surface area contributed by atoms with Crippen LogP contribution in [-0.2, 0) is 0 Å².